The van der Waals surface area contributed by atoms with Crippen molar-refractivity contribution in [1.29, 1.82) is 0 Å². The van der Waals surface area contributed by atoms with Crippen LogP contribution in [0.15, 0.2) is 22.5 Å². The molecule has 0 fully saturated rings. The van der Waals surface area contributed by atoms with Crippen molar-refractivity contribution in [1.82, 2.24) is 15.5 Å². The molecule has 0 spiro atoms. The first kappa shape index (κ1) is 33.4. The Kier molecular flexibility index (Phi) is 11.2. The fraction of sp³-hybridized carbons (Fsp3) is 0.545. The molecule has 41 heavy (non-hydrogen) atoms. The van der Waals surface area contributed by atoms with Gasteiger partial charge in [-0.15, -0.1) is 10.2 Å². The summed E-state index contributed by atoms with van der Waals surface area (Å²) >= 11 is 0.595. The summed E-state index contributed by atoms with van der Waals surface area (Å²) in [6, 6.07) is 3.38. The Morgan fingerprint density at radius 3 is 2.29 bits per heavy atom. The summed E-state index contributed by atoms with van der Waals surface area (Å²) in [5.74, 6) is -0.923. The van der Waals surface area contributed by atoms with Crippen molar-refractivity contribution in [2.75, 3.05) is 23.8 Å². The Morgan fingerprint density at radius 2 is 1.71 bits per heavy atom. The van der Waals surface area contributed by atoms with Gasteiger partial charge in [0.1, 0.15) is 5.69 Å². The summed E-state index contributed by atoms with van der Waals surface area (Å²) in [5.41, 5.74) is -1.91. The highest BCUT2D eigenvalue weighted by Gasteiger charge is 2.25. The molecule has 19 heteroatoms. The summed E-state index contributed by atoms with van der Waals surface area (Å²) in [6.45, 7) is 7.86. The Balaban J connectivity index is 1.75. The number of nitrogens with two attached hydrogens (primary N) is 1. The van der Waals surface area contributed by atoms with E-state index in [0.717, 1.165) is 6.07 Å². The highest BCUT2D eigenvalue weighted by atomic mass is 32.2. The molecule has 226 valence electrons. The zero-order valence-electron chi connectivity index (χ0n) is 22.8. The number of nitro benzene ring substituents is 2. The maximum Gasteiger partial charge on any atom is 0.299 e. The summed E-state index contributed by atoms with van der Waals surface area (Å²) in [4.78, 5) is 45.2. The third-order valence-corrected chi connectivity index (χ3v) is 7.75. The molecule has 2 rings (SSSR count). The van der Waals surface area contributed by atoms with Gasteiger partial charge in [-0.05, 0) is 46.6 Å². The standard InChI is InChI=1S/C22H32N8O9S2/c1-21(2,26-18(32)8-7-17(31)25-19-27-28-20(40-19)41(23,37)38)10-12-39-22(3,4)9-11-24-15-6-5-14(29(33)34)13-16(15)30(35)36/h5-6,13,24H,7-12H2,1-4H3,(H,26,32)(H2,23,37,38)(H,25,27,31). The van der Waals surface area contributed by atoms with Crippen LogP contribution in [-0.2, 0) is 24.3 Å². The van der Waals surface area contributed by atoms with E-state index in [1.54, 1.807) is 13.8 Å². The normalized spacial score (nSPS) is 12.0. The predicted molar refractivity (Wildman–Crippen MR) is 149 cm³/mol. The number of carbonyl (C=O) groups excluding carboxylic acids is 2. The summed E-state index contributed by atoms with van der Waals surface area (Å²) in [6.07, 6.45) is 0.603. The number of nitrogens with zero attached hydrogens (tertiary/aromatic N) is 4. The number of non-ortho nitro benzene ring substituents is 1. The fourth-order valence-corrected chi connectivity index (χ4v) is 4.72. The number of nitrogens with one attached hydrogen (secondary N) is 3. The summed E-state index contributed by atoms with van der Waals surface area (Å²) in [5, 5.41) is 42.1. The largest absolute Gasteiger partial charge is 0.379 e. The number of aromatic nitrogens is 2. The van der Waals surface area contributed by atoms with Gasteiger partial charge < -0.3 is 20.7 Å². The predicted octanol–water partition coefficient (Wildman–Crippen LogP) is 2.30. The fourth-order valence-electron chi connectivity index (χ4n) is 3.37. The van der Waals surface area contributed by atoms with Crippen LogP contribution in [0, 0.1) is 20.2 Å². The molecule has 0 aliphatic rings. The lowest BCUT2D eigenvalue weighted by Gasteiger charge is -2.30. The lowest BCUT2D eigenvalue weighted by molar-refractivity contribution is -0.393. The monoisotopic (exact) mass is 616 g/mol. The molecule has 0 saturated heterocycles. The number of ether oxygens (including phenoxy) is 1. The highest BCUT2D eigenvalue weighted by Crippen LogP contribution is 2.29. The lowest BCUT2D eigenvalue weighted by Crippen LogP contribution is -2.45. The van der Waals surface area contributed by atoms with Crippen molar-refractivity contribution < 1.29 is 32.6 Å². The quantitative estimate of drug-likeness (QED) is 0.120. The zero-order chi connectivity index (χ0) is 31.0. The zero-order valence-corrected chi connectivity index (χ0v) is 24.5. The Hall–Kier alpha value is -3.81. The first-order valence-corrected chi connectivity index (χ1v) is 14.5. The molecular weight excluding hydrogens is 584 g/mol. The number of sulfonamides is 1. The first-order valence-electron chi connectivity index (χ1n) is 12.2. The molecular formula is C22H32N8O9S2. The smallest absolute Gasteiger partial charge is 0.299 e. The van der Waals surface area contributed by atoms with Crippen molar-refractivity contribution >= 4 is 55.4 Å². The number of benzene rings is 1. The second-order valence-electron chi connectivity index (χ2n) is 10.1. The van der Waals surface area contributed by atoms with E-state index < -0.39 is 46.9 Å². The Labute approximate surface area is 239 Å². The highest BCUT2D eigenvalue weighted by molar-refractivity contribution is 7.91. The van der Waals surface area contributed by atoms with Gasteiger partial charge in [-0.25, -0.2) is 13.6 Å². The third-order valence-electron chi connectivity index (χ3n) is 5.60. The van der Waals surface area contributed by atoms with Crippen molar-refractivity contribution in [3.05, 3.63) is 38.4 Å². The van der Waals surface area contributed by atoms with E-state index in [-0.39, 0.29) is 41.9 Å². The first-order chi connectivity index (χ1) is 18.9. The molecule has 0 atom stereocenters. The summed E-state index contributed by atoms with van der Waals surface area (Å²) < 4.78 is 28.0. The number of amides is 2. The van der Waals surface area contributed by atoms with E-state index >= 15 is 0 Å². The number of rotatable bonds is 16. The number of anilines is 2. The van der Waals surface area contributed by atoms with Crippen LogP contribution in [0.3, 0.4) is 0 Å². The molecule has 1 aromatic carbocycles. The van der Waals surface area contributed by atoms with Crippen LogP contribution >= 0.6 is 11.3 Å². The van der Waals surface area contributed by atoms with E-state index in [1.807, 2.05) is 13.8 Å². The van der Waals surface area contributed by atoms with Crippen molar-refractivity contribution in [2.24, 2.45) is 5.14 Å². The van der Waals surface area contributed by atoms with E-state index in [4.69, 9.17) is 9.88 Å². The number of hydrogen-bond donors (Lipinski definition) is 4. The minimum Gasteiger partial charge on any atom is -0.379 e. The second-order valence-corrected chi connectivity index (χ2v) is 12.9. The minimum absolute atomic E-state index is 0.0549. The molecule has 0 radical (unpaired) electrons. The number of nitro groups is 2. The lowest BCUT2D eigenvalue weighted by atomic mass is 10.00. The Bertz CT molecular complexity index is 1390. The SMILES string of the molecule is CC(C)(CCOC(C)(C)CCNc1ccc([N+](=O)[O-])cc1[N+](=O)[O-])NC(=O)CCC(=O)Nc1nnc(S(N)(=O)=O)s1. The molecule has 17 nitrogen and oxygen atoms in total. The van der Waals surface area contributed by atoms with Crippen LogP contribution < -0.4 is 21.1 Å². The number of primary sulfonamides is 1. The Morgan fingerprint density at radius 1 is 1.05 bits per heavy atom. The average Bonchev–Trinajstić information content (AvgIpc) is 3.31. The van der Waals surface area contributed by atoms with E-state index in [9.17, 15) is 38.2 Å². The van der Waals surface area contributed by atoms with Gasteiger partial charge in [-0.3, -0.25) is 29.8 Å². The molecule has 0 unspecified atom stereocenters. The second kappa shape index (κ2) is 13.7. The van der Waals surface area contributed by atoms with Crippen LogP contribution in [-0.4, -0.2) is 64.6 Å². The van der Waals surface area contributed by atoms with Gasteiger partial charge in [0.2, 0.25) is 21.3 Å². The third kappa shape index (κ3) is 11.3. The van der Waals surface area contributed by atoms with Gasteiger partial charge in [0.25, 0.3) is 21.4 Å². The van der Waals surface area contributed by atoms with Gasteiger partial charge >= 0.3 is 0 Å². The molecule has 0 aliphatic heterocycles. The van der Waals surface area contributed by atoms with Gasteiger partial charge in [-0.1, -0.05) is 11.3 Å². The average molecular weight is 617 g/mol. The molecule has 0 bridgehead atoms. The van der Waals surface area contributed by atoms with Crippen LogP contribution in [0.1, 0.15) is 53.4 Å². The van der Waals surface area contributed by atoms with Crippen LogP contribution in [0.2, 0.25) is 0 Å². The molecule has 1 aromatic heterocycles. The molecule has 2 amide bonds. The van der Waals surface area contributed by atoms with E-state index in [1.165, 1.54) is 12.1 Å². The maximum atomic E-state index is 12.4. The van der Waals surface area contributed by atoms with Gasteiger partial charge in [0, 0.05) is 37.6 Å². The molecule has 2 aromatic rings. The van der Waals surface area contributed by atoms with Crippen molar-refractivity contribution in [2.45, 2.75) is 68.9 Å². The summed E-state index contributed by atoms with van der Waals surface area (Å²) in [7, 11) is -4.03. The molecule has 0 aliphatic carbocycles. The van der Waals surface area contributed by atoms with Crippen LogP contribution in [0.25, 0.3) is 0 Å². The topological polar surface area (TPSA) is 252 Å². The van der Waals surface area contributed by atoms with Gasteiger partial charge in [0.15, 0.2) is 0 Å². The maximum absolute atomic E-state index is 12.4. The van der Waals surface area contributed by atoms with Crippen molar-refractivity contribution in [3.8, 4) is 0 Å². The number of hydrogen-bond acceptors (Lipinski definition) is 13. The molecule has 1 heterocycles. The van der Waals surface area contributed by atoms with Gasteiger partial charge in [0.05, 0.1) is 21.5 Å². The van der Waals surface area contributed by atoms with E-state index in [0.29, 0.717) is 30.7 Å². The van der Waals surface area contributed by atoms with E-state index in [2.05, 4.69) is 26.1 Å². The molecule has 5 N–H and O–H groups in total. The molecule has 0 saturated carbocycles. The van der Waals surface area contributed by atoms with Gasteiger partial charge in [-0.2, -0.15) is 0 Å². The van der Waals surface area contributed by atoms with Crippen molar-refractivity contribution in [3.63, 3.8) is 0 Å². The number of carbonyl (C=O) groups is 2. The van der Waals surface area contributed by atoms with Crippen LogP contribution in [0.5, 0.6) is 0 Å². The minimum atomic E-state index is -4.03. The van der Waals surface area contributed by atoms with Crippen LogP contribution in [0.4, 0.5) is 22.2 Å².